The van der Waals surface area contributed by atoms with Crippen LogP contribution in [0.4, 0.5) is 17.1 Å². The minimum Gasteiger partial charge on any atom is -0.459 e. The van der Waals surface area contributed by atoms with Crippen molar-refractivity contribution in [2.45, 2.75) is 25.0 Å². The monoisotopic (exact) mass is 447 g/mol. The van der Waals surface area contributed by atoms with E-state index in [2.05, 4.69) is 73.2 Å². The van der Waals surface area contributed by atoms with Crippen molar-refractivity contribution in [2.75, 3.05) is 43.2 Å². The molecule has 3 aliphatic heterocycles. The zero-order chi connectivity index (χ0) is 22.1. The van der Waals surface area contributed by atoms with Gasteiger partial charge in [0, 0.05) is 53.4 Å². The van der Waals surface area contributed by atoms with Gasteiger partial charge in [-0.05, 0) is 37.6 Å². The number of anilines is 2. The highest BCUT2D eigenvalue weighted by molar-refractivity contribution is 6.30. The molecule has 1 fully saturated rings. The highest BCUT2D eigenvalue weighted by atomic mass is 35.5. The normalized spacial score (nSPS) is 23.4. The Morgan fingerprint density at radius 1 is 0.969 bits per heavy atom. The van der Waals surface area contributed by atoms with Gasteiger partial charge in [0.2, 0.25) is 5.72 Å². The number of nitrogens with zero attached hydrogens (tertiary/aromatic N) is 3. The van der Waals surface area contributed by atoms with Crippen LogP contribution in [0.5, 0.6) is 5.75 Å². The summed E-state index contributed by atoms with van der Waals surface area (Å²) in [6, 6.07) is 16.7. The van der Waals surface area contributed by atoms with Crippen molar-refractivity contribution in [2.24, 2.45) is 4.99 Å². The Morgan fingerprint density at radius 2 is 1.72 bits per heavy atom. The maximum absolute atomic E-state index is 6.95. The predicted molar refractivity (Wildman–Crippen MR) is 131 cm³/mol. The van der Waals surface area contributed by atoms with Gasteiger partial charge in [0.15, 0.2) is 5.75 Å². The maximum Gasteiger partial charge on any atom is 0.228 e. The lowest BCUT2D eigenvalue weighted by atomic mass is 9.77. The molecule has 3 heterocycles. The smallest absolute Gasteiger partial charge is 0.228 e. The summed E-state index contributed by atoms with van der Waals surface area (Å²) in [6.45, 7) is 7.61. The quantitative estimate of drug-likeness (QED) is 0.490. The first kappa shape index (κ1) is 19.9. The van der Waals surface area contributed by atoms with Gasteiger partial charge in [-0.25, -0.2) is 0 Å². The van der Waals surface area contributed by atoms with Crippen LogP contribution in [0.25, 0.3) is 10.8 Å². The lowest BCUT2D eigenvalue weighted by molar-refractivity contribution is 0.0826. The van der Waals surface area contributed by atoms with E-state index in [0.717, 1.165) is 59.4 Å². The standard InChI is InChI=1S/C26H26ClN3O2/c1-25(2)20-14-17(27)8-9-21(20)29(3)26(25)16-28-24-19-7-5-4-6-18(19)22(15-23(24)32-26)30-10-12-31-13-11-30/h4-9,14-16H,10-13H2,1-3H3. The lowest BCUT2D eigenvalue weighted by Crippen LogP contribution is -2.61. The molecule has 164 valence electrons. The van der Waals surface area contributed by atoms with Crippen molar-refractivity contribution in [3.63, 3.8) is 0 Å². The first-order valence-electron chi connectivity index (χ1n) is 11.1. The van der Waals surface area contributed by atoms with Crippen LogP contribution in [-0.2, 0) is 10.2 Å². The number of ether oxygens (including phenoxy) is 2. The second-order valence-corrected chi connectivity index (χ2v) is 9.73. The third-order valence-corrected chi connectivity index (χ3v) is 7.57. The van der Waals surface area contributed by atoms with Gasteiger partial charge in [-0.15, -0.1) is 0 Å². The lowest BCUT2D eigenvalue weighted by Gasteiger charge is -2.45. The minimum absolute atomic E-state index is 0.353. The van der Waals surface area contributed by atoms with Gasteiger partial charge in [-0.3, -0.25) is 4.99 Å². The van der Waals surface area contributed by atoms with Crippen LogP contribution in [0.15, 0.2) is 53.5 Å². The molecule has 6 rings (SSSR count). The number of rotatable bonds is 1. The van der Waals surface area contributed by atoms with E-state index in [1.807, 2.05) is 12.3 Å². The molecule has 1 unspecified atom stereocenters. The molecule has 1 spiro atoms. The van der Waals surface area contributed by atoms with Crippen molar-refractivity contribution in [3.05, 3.63) is 59.1 Å². The zero-order valence-corrected chi connectivity index (χ0v) is 19.3. The van der Waals surface area contributed by atoms with E-state index in [9.17, 15) is 0 Å². The van der Waals surface area contributed by atoms with Gasteiger partial charge in [-0.2, -0.15) is 0 Å². The molecule has 1 saturated heterocycles. The average molecular weight is 448 g/mol. The summed E-state index contributed by atoms with van der Waals surface area (Å²) in [5, 5.41) is 3.03. The summed E-state index contributed by atoms with van der Waals surface area (Å²) in [5.74, 6) is 0.812. The van der Waals surface area contributed by atoms with Crippen molar-refractivity contribution >= 4 is 45.7 Å². The molecule has 3 aliphatic rings. The molecule has 3 aromatic rings. The van der Waals surface area contributed by atoms with E-state index < -0.39 is 5.72 Å². The Labute approximate surface area is 193 Å². The van der Waals surface area contributed by atoms with Gasteiger partial charge < -0.3 is 19.3 Å². The average Bonchev–Trinajstić information content (AvgIpc) is 2.97. The molecular weight excluding hydrogens is 422 g/mol. The van der Waals surface area contributed by atoms with E-state index in [1.165, 1.54) is 11.1 Å². The number of hydrogen-bond donors (Lipinski definition) is 0. The van der Waals surface area contributed by atoms with Crippen LogP contribution >= 0.6 is 11.6 Å². The van der Waals surface area contributed by atoms with E-state index in [0.29, 0.717) is 0 Å². The molecule has 0 radical (unpaired) electrons. The molecule has 0 amide bonds. The molecule has 0 bridgehead atoms. The molecule has 0 aromatic heterocycles. The minimum atomic E-state index is -0.738. The van der Waals surface area contributed by atoms with E-state index in [1.54, 1.807) is 0 Å². The van der Waals surface area contributed by atoms with E-state index in [-0.39, 0.29) is 5.41 Å². The topological polar surface area (TPSA) is 37.3 Å². The van der Waals surface area contributed by atoms with Crippen molar-refractivity contribution < 1.29 is 9.47 Å². The summed E-state index contributed by atoms with van der Waals surface area (Å²) >= 11 is 6.37. The van der Waals surface area contributed by atoms with Gasteiger partial charge in [-0.1, -0.05) is 35.9 Å². The fourth-order valence-electron chi connectivity index (χ4n) is 5.48. The third-order valence-electron chi connectivity index (χ3n) is 7.33. The second-order valence-electron chi connectivity index (χ2n) is 9.29. The van der Waals surface area contributed by atoms with E-state index >= 15 is 0 Å². The van der Waals surface area contributed by atoms with Crippen LogP contribution < -0.4 is 14.5 Å². The maximum atomic E-state index is 6.95. The Hall–Kier alpha value is -2.76. The number of benzene rings is 3. The summed E-state index contributed by atoms with van der Waals surface area (Å²) in [6.07, 6.45) is 1.98. The van der Waals surface area contributed by atoms with Crippen LogP contribution in [-0.4, -0.2) is 45.3 Å². The molecule has 0 N–H and O–H groups in total. The first-order valence-corrected chi connectivity index (χ1v) is 11.5. The molecule has 0 aliphatic carbocycles. The Balaban J connectivity index is 1.53. The first-order chi connectivity index (χ1) is 15.4. The molecule has 5 nitrogen and oxygen atoms in total. The molecule has 6 heteroatoms. The summed E-state index contributed by atoms with van der Waals surface area (Å²) < 4.78 is 12.5. The van der Waals surface area contributed by atoms with Crippen molar-refractivity contribution in [3.8, 4) is 5.75 Å². The molecule has 1 atom stereocenters. The fourth-order valence-corrected chi connectivity index (χ4v) is 5.65. The van der Waals surface area contributed by atoms with Crippen molar-refractivity contribution in [1.29, 1.82) is 0 Å². The largest absolute Gasteiger partial charge is 0.459 e. The zero-order valence-electron chi connectivity index (χ0n) is 18.6. The number of likely N-dealkylation sites (N-methyl/N-ethyl adjacent to an activating group) is 1. The Kier molecular flexibility index (Phi) is 4.27. The predicted octanol–water partition coefficient (Wildman–Crippen LogP) is 5.55. The van der Waals surface area contributed by atoms with Crippen LogP contribution in [0.3, 0.4) is 0 Å². The highest BCUT2D eigenvalue weighted by Crippen LogP contribution is 2.55. The number of fused-ring (bicyclic) bond motifs is 4. The van der Waals surface area contributed by atoms with Crippen molar-refractivity contribution in [1.82, 2.24) is 0 Å². The van der Waals surface area contributed by atoms with Gasteiger partial charge in [0.1, 0.15) is 5.69 Å². The molecule has 32 heavy (non-hydrogen) atoms. The van der Waals surface area contributed by atoms with Crippen LogP contribution in [0.1, 0.15) is 19.4 Å². The number of aliphatic imine (C=N–C) groups is 1. The van der Waals surface area contributed by atoms with E-state index in [4.69, 9.17) is 26.1 Å². The van der Waals surface area contributed by atoms with Gasteiger partial charge in [0.25, 0.3) is 0 Å². The fraction of sp³-hybridized carbons (Fsp3) is 0.346. The molecular formula is C26H26ClN3O2. The number of morpholine rings is 1. The van der Waals surface area contributed by atoms with Crippen LogP contribution in [0.2, 0.25) is 5.02 Å². The molecule has 0 saturated carbocycles. The summed E-state index contributed by atoms with van der Waals surface area (Å²) in [5.41, 5.74) is 3.25. The summed E-state index contributed by atoms with van der Waals surface area (Å²) in [7, 11) is 2.07. The third kappa shape index (κ3) is 2.58. The van der Waals surface area contributed by atoms with Gasteiger partial charge in [0.05, 0.1) is 24.8 Å². The summed E-state index contributed by atoms with van der Waals surface area (Å²) in [4.78, 5) is 9.60. The van der Waals surface area contributed by atoms with Crippen LogP contribution in [0, 0.1) is 0 Å². The second kappa shape index (κ2) is 6.87. The Bertz CT molecular complexity index is 1270. The molecule has 3 aromatic carbocycles. The van der Waals surface area contributed by atoms with Gasteiger partial charge >= 0.3 is 0 Å². The highest BCUT2D eigenvalue weighted by Gasteiger charge is 2.58. The Morgan fingerprint density at radius 3 is 2.50 bits per heavy atom. The number of hydrogen-bond acceptors (Lipinski definition) is 5. The SMILES string of the molecule is CN1c2ccc(Cl)cc2C(C)(C)C12C=Nc1c(cc(N3CCOCC3)c3ccccc13)O2. The number of halogens is 1.